The van der Waals surface area contributed by atoms with Crippen LogP contribution in [0.2, 0.25) is 0 Å². The molecule has 0 aromatic heterocycles. The average Bonchev–Trinajstić information content (AvgIpc) is 2.25. The first kappa shape index (κ1) is 11.7. The molecular weight excluding hydrogens is 272 g/mol. The molecule has 1 N–H and O–H groups in total. The van der Waals surface area contributed by atoms with Crippen molar-refractivity contribution in [3.63, 3.8) is 0 Å². The maximum Gasteiger partial charge on any atom is 0.129 e. The Morgan fingerprint density at radius 3 is 2.75 bits per heavy atom. The van der Waals surface area contributed by atoms with E-state index in [9.17, 15) is 5.11 Å². The molecule has 0 unspecified atom stereocenters. The Hall–Kier alpha value is -0.740. The number of fused-ring (bicyclic) bond motifs is 1. The zero-order chi connectivity index (χ0) is 11.9. The first-order chi connectivity index (χ1) is 7.45. The number of methoxy groups -OCH3 is 1. The van der Waals surface area contributed by atoms with Crippen LogP contribution in [0.3, 0.4) is 0 Å². The smallest absolute Gasteiger partial charge is 0.129 e. The standard InChI is InChI=1S/C12H15BrO3/c1-12(2)11(13)10(14)8-5-4-7(15-3)6-9(8)16-12/h4-6,10-11,14H,1-3H3/t10-,11+/m1/s1. The quantitative estimate of drug-likeness (QED) is 0.807. The van der Waals surface area contributed by atoms with Gasteiger partial charge in [0.1, 0.15) is 17.1 Å². The summed E-state index contributed by atoms with van der Waals surface area (Å²) in [5, 5.41) is 10.2. The monoisotopic (exact) mass is 286 g/mol. The fourth-order valence-electron chi connectivity index (χ4n) is 1.85. The van der Waals surface area contributed by atoms with Gasteiger partial charge in [-0.1, -0.05) is 15.9 Å². The van der Waals surface area contributed by atoms with E-state index in [1.807, 2.05) is 26.0 Å². The van der Waals surface area contributed by atoms with Gasteiger partial charge in [-0.05, 0) is 26.0 Å². The lowest BCUT2D eigenvalue weighted by atomic mass is 9.91. The molecule has 1 aliphatic heterocycles. The van der Waals surface area contributed by atoms with Crippen LogP contribution in [0, 0.1) is 0 Å². The molecule has 0 spiro atoms. The molecular formula is C12H15BrO3. The van der Waals surface area contributed by atoms with Crippen LogP contribution in [0.4, 0.5) is 0 Å². The van der Waals surface area contributed by atoms with Gasteiger partial charge in [-0.15, -0.1) is 0 Å². The fourth-order valence-corrected chi connectivity index (χ4v) is 2.23. The number of halogens is 1. The van der Waals surface area contributed by atoms with Crippen molar-refractivity contribution < 1.29 is 14.6 Å². The van der Waals surface area contributed by atoms with E-state index in [0.29, 0.717) is 5.75 Å². The molecule has 1 aliphatic rings. The summed E-state index contributed by atoms with van der Waals surface area (Å²) in [5.74, 6) is 1.42. The Balaban J connectivity index is 2.46. The van der Waals surface area contributed by atoms with Crippen molar-refractivity contribution in [2.24, 2.45) is 0 Å². The number of rotatable bonds is 1. The van der Waals surface area contributed by atoms with Crippen molar-refractivity contribution >= 4 is 15.9 Å². The molecule has 1 aromatic carbocycles. The molecule has 0 fully saturated rings. The van der Waals surface area contributed by atoms with E-state index in [1.54, 1.807) is 13.2 Å². The number of ether oxygens (including phenoxy) is 2. The van der Waals surface area contributed by atoms with Gasteiger partial charge in [0.15, 0.2) is 0 Å². The van der Waals surface area contributed by atoms with E-state index in [2.05, 4.69) is 15.9 Å². The highest BCUT2D eigenvalue weighted by atomic mass is 79.9. The molecule has 3 nitrogen and oxygen atoms in total. The van der Waals surface area contributed by atoms with Gasteiger partial charge in [0.2, 0.25) is 0 Å². The molecule has 1 heterocycles. The SMILES string of the molecule is COc1ccc2c(c1)OC(C)(C)[C@@H](Br)[C@@H]2O. The van der Waals surface area contributed by atoms with Gasteiger partial charge >= 0.3 is 0 Å². The lowest BCUT2D eigenvalue weighted by Gasteiger charge is -2.40. The summed E-state index contributed by atoms with van der Waals surface area (Å²) >= 11 is 3.47. The van der Waals surface area contributed by atoms with Crippen LogP contribution in [0.25, 0.3) is 0 Å². The van der Waals surface area contributed by atoms with Crippen molar-refractivity contribution in [1.82, 2.24) is 0 Å². The summed E-state index contributed by atoms with van der Waals surface area (Å²) in [5.41, 5.74) is 0.348. The minimum Gasteiger partial charge on any atom is -0.497 e. The third kappa shape index (κ3) is 1.80. The fraction of sp³-hybridized carbons (Fsp3) is 0.500. The maximum atomic E-state index is 10.2. The van der Waals surface area contributed by atoms with E-state index >= 15 is 0 Å². The first-order valence-electron chi connectivity index (χ1n) is 5.15. The van der Waals surface area contributed by atoms with Gasteiger partial charge in [0, 0.05) is 11.6 Å². The van der Waals surface area contributed by atoms with Crippen LogP contribution in [-0.4, -0.2) is 22.6 Å². The molecule has 0 bridgehead atoms. The number of aliphatic hydroxyl groups is 1. The third-order valence-electron chi connectivity index (χ3n) is 2.85. The largest absolute Gasteiger partial charge is 0.497 e. The van der Waals surface area contributed by atoms with Gasteiger partial charge in [-0.25, -0.2) is 0 Å². The highest BCUT2D eigenvalue weighted by Crippen LogP contribution is 2.44. The number of aliphatic hydroxyl groups excluding tert-OH is 1. The zero-order valence-corrected chi connectivity index (χ0v) is 11.1. The molecule has 16 heavy (non-hydrogen) atoms. The summed E-state index contributed by atoms with van der Waals surface area (Å²) in [4.78, 5) is -0.124. The van der Waals surface area contributed by atoms with Crippen molar-refractivity contribution in [2.45, 2.75) is 30.4 Å². The topological polar surface area (TPSA) is 38.7 Å². The summed E-state index contributed by atoms with van der Waals surface area (Å²) in [7, 11) is 1.61. The van der Waals surface area contributed by atoms with Gasteiger partial charge in [0.25, 0.3) is 0 Å². The Bertz CT molecular complexity index is 403. The number of hydrogen-bond donors (Lipinski definition) is 1. The lowest BCUT2D eigenvalue weighted by molar-refractivity contribution is 0.0223. The molecule has 2 rings (SSSR count). The van der Waals surface area contributed by atoms with Crippen LogP contribution < -0.4 is 9.47 Å². The van der Waals surface area contributed by atoms with E-state index in [0.717, 1.165) is 11.3 Å². The first-order valence-corrected chi connectivity index (χ1v) is 6.06. The summed E-state index contributed by atoms with van der Waals surface area (Å²) in [6.45, 7) is 3.89. The minimum absolute atomic E-state index is 0.124. The number of alkyl halides is 1. The van der Waals surface area contributed by atoms with Crippen LogP contribution in [0.15, 0.2) is 18.2 Å². The maximum absolute atomic E-state index is 10.2. The molecule has 0 saturated carbocycles. The van der Waals surface area contributed by atoms with E-state index in [1.165, 1.54) is 0 Å². The van der Waals surface area contributed by atoms with Gasteiger partial charge in [-0.2, -0.15) is 0 Å². The summed E-state index contributed by atoms with van der Waals surface area (Å²) in [6, 6.07) is 5.46. The van der Waals surface area contributed by atoms with Crippen LogP contribution in [0.1, 0.15) is 25.5 Å². The van der Waals surface area contributed by atoms with Gasteiger partial charge in [-0.3, -0.25) is 0 Å². The van der Waals surface area contributed by atoms with Crippen molar-refractivity contribution in [2.75, 3.05) is 7.11 Å². The minimum atomic E-state index is -0.565. The summed E-state index contributed by atoms with van der Waals surface area (Å²) < 4.78 is 11.0. The second-order valence-electron chi connectivity index (χ2n) is 4.46. The van der Waals surface area contributed by atoms with Crippen LogP contribution in [-0.2, 0) is 0 Å². The number of benzene rings is 1. The third-order valence-corrected chi connectivity index (χ3v) is 4.46. The van der Waals surface area contributed by atoms with E-state index in [-0.39, 0.29) is 4.83 Å². The van der Waals surface area contributed by atoms with Crippen molar-refractivity contribution in [3.05, 3.63) is 23.8 Å². The molecule has 1 aromatic rings. The van der Waals surface area contributed by atoms with Crippen LogP contribution >= 0.6 is 15.9 Å². The highest BCUT2D eigenvalue weighted by Gasteiger charge is 2.41. The molecule has 4 heteroatoms. The summed E-state index contributed by atoms with van der Waals surface area (Å²) in [6.07, 6.45) is -0.565. The Morgan fingerprint density at radius 2 is 2.12 bits per heavy atom. The van der Waals surface area contributed by atoms with E-state index < -0.39 is 11.7 Å². The van der Waals surface area contributed by atoms with Crippen molar-refractivity contribution in [1.29, 1.82) is 0 Å². The second kappa shape index (κ2) is 3.93. The normalized spacial score (nSPS) is 26.8. The lowest BCUT2D eigenvalue weighted by Crippen LogP contribution is -2.45. The Kier molecular flexibility index (Phi) is 2.88. The predicted octanol–water partition coefficient (Wildman–Crippen LogP) is 2.66. The molecule has 88 valence electrons. The molecule has 0 amide bonds. The molecule has 2 atom stereocenters. The van der Waals surface area contributed by atoms with Gasteiger partial charge in [0.05, 0.1) is 18.0 Å². The molecule has 0 aliphatic carbocycles. The Morgan fingerprint density at radius 1 is 1.44 bits per heavy atom. The predicted molar refractivity (Wildman–Crippen MR) is 65.4 cm³/mol. The number of hydrogen-bond acceptors (Lipinski definition) is 3. The second-order valence-corrected chi connectivity index (χ2v) is 5.44. The molecule has 0 radical (unpaired) electrons. The van der Waals surface area contributed by atoms with E-state index in [4.69, 9.17) is 9.47 Å². The Labute approximate surface area is 104 Å². The molecule has 0 saturated heterocycles. The van der Waals surface area contributed by atoms with Gasteiger partial charge < -0.3 is 14.6 Å². The van der Waals surface area contributed by atoms with Crippen molar-refractivity contribution in [3.8, 4) is 11.5 Å². The van der Waals surface area contributed by atoms with Crippen LogP contribution in [0.5, 0.6) is 11.5 Å². The highest BCUT2D eigenvalue weighted by molar-refractivity contribution is 9.09. The average molecular weight is 287 g/mol. The zero-order valence-electron chi connectivity index (χ0n) is 9.53.